The number of nitrogens with zero attached hydrogens (tertiary/aromatic N) is 4. The van der Waals surface area contributed by atoms with Crippen LogP contribution in [0.5, 0.6) is 0 Å². The van der Waals surface area contributed by atoms with Crippen LogP contribution in [0.25, 0.3) is 11.1 Å². The van der Waals surface area contributed by atoms with E-state index in [2.05, 4.69) is 20.3 Å². The van der Waals surface area contributed by atoms with Gasteiger partial charge in [-0.15, -0.1) is 0 Å². The number of carbonyl (C=O) groups excluding carboxylic acids is 2. The lowest BCUT2D eigenvalue weighted by Gasteiger charge is -2.20. The summed E-state index contributed by atoms with van der Waals surface area (Å²) in [6.45, 7) is 7.62. The van der Waals surface area contributed by atoms with Gasteiger partial charge in [-0.25, -0.2) is 4.98 Å². The van der Waals surface area contributed by atoms with Crippen LogP contribution in [0.2, 0.25) is 0 Å². The SMILES string of the molecule is Cc1ccc(NC(=O)c2cc(-c3cccc4c3C(C)(C)C(=O)N4c3cnccn3)cnc2C)cc1. The van der Waals surface area contributed by atoms with Crippen LogP contribution in [0.3, 0.4) is 0 Å². The van der Waals surface area contributed by atoms with Crippen LogP contribution >= 0.6 is 0 Å². The molecule has 0 saturated carbocycles. The molecule has 1 N–H and O–H groups in total. The molecule has 7 heteroatoms. The van der Waals surface area contributed by atoms with Gasteiger partial charge in [-0.1, -0.05) is 29.8 Å². The van der Waals surface area contributed by atoms with Gasteiger partial charge in [-0.2, -0.15) is 0 Å². The first-order chi connectivity index (χ1) is 16.8. The summed E-state index contributed by atoms with van der Waals surface area (Å²) in [5, 5.41) is 2.95. The van der Waals surface area contributed by atoms with E-state index in [4.69, 9.17) is 0 Å². The van der Waals surface area contributed by atoms with E-state index in [-0.39, 0.29) is 11.8 Å². The zero-order valence-electron chi connectivity index (χ0n) is 20.0. The Hall–Kier alpha value is -4.39. The van der Waals surface area contributed by atoms with Gasteiger partial charge in [0, 0.05) is 29.8 Å². The monoisotopic (exact) mass is 463 g/mol. The molecule has 174 valence electrons. The van der Waals surface area contributed by atoms with Gasteiger partial charge in [0.1, 0.15) is 0 Å². The third kappa shape index (κ3) is 3.85. The fourth-order valence-corrected chi connectivity index (χ4v) is 4.50. The second kappa shape index (κ2) is 8.43. The number of aromatic nitrogens is 3. The summed E-state index contributed by atoms with van der Waals surface area (Å²) < 4.78 is 0. The Kier molecular flexibility index (Phi) is 5.40. The average Bonchev–Trinajstić information content (AvgIpc) is 3.06. The van der Waals surface area contributed by atoms with Gasteiger partial charge < -0.3 is 5.32 Å². The Balaban J connectivity index is 1.58. The molecular weight excluding hydrogens is 438 g/mol. The molecule has 0 bridgehead atoms. The van der Waals surface area contributed by atoms with Crippen LogP contribution < -0.4 is 10.2 Å². The highest BCUT2D eigenvalue weighted by Crippen LogP contribution is 2.48. The molecule has 1 aliphatic heterocycles. The van der Waals surface area contributed by atoms with Gasteiger partial charge >= 0.3 is 0 Å². The second-order valence-electron chi connectivity index (χ2n) is 9.21. The summed E-state index contributed by atoms with van der Waals surface area (Å²) in [5.74, 6) is 0.157. The number of benzene rings is 2. The van der Waals surface area contributed by atoms with E-state index in [9.17, 15) is 9.59 Å². The maximum absolute atomic E-state index is 13.5. The van der Waals surface area contributed by atoms with E-state index >= 15 is 0 Å². The lowest BCUT2D eigenvalue weighted by Crippen LogP contribution is -2.33. The van der Waals surface area contributed by atoms with E-state index in [0.717, 1.165) is 33.6 Å². The van der Waals surface area contributed by atoms with Gasteiger partial charge in [-0.05, 0) is 63.1 Å². The van der Waals surface area contributed by atoms with Crippen molar-refractivity contribution in [2.45, 2.75) is 33.1 Å². The van der Waals surface area contributed by atoms with Crippen molar-refractivity contribution in [1.29, 1.82) is 0 Å². The standard InChI is InChI=1S/C28H25N5O2/c1-17-8-10-20(11-9-17)32-26(34)22-14-19(15-31-18(22)2)21-6-5-7-23-25(21)28(3,4)27(35)33(23)24-16-29-12-13-30-24/h5-16H,1-4H3,(H,32,34). The third-order valence-corrected chi connectivity index (χ3v) is 6.38. The van der Waals surface area contributed by atoms with Crippen molar-refractivity contribution >= 4 is 29.0 Å². The van der Waals surface area contributed by atoms with Crippen LogP contribution in [0.15, 0.2) is 73.3 Å². The first-order valence-corrected chi connectivity index (χ1v) is 11.4. The molecule has 0 aliphatic carbocycles. The molecule has 0 fully saturated rings. The quantitative estimate of drug-likeness (QED) is 0.440. The normalized spacial score (nSPS) is 14.1. The smallest absolute Gasteiger partial charge is 0.257 e. The van der Waals surface area contributed by atoms with Gasteiger partial charge in [-0.3, -0.25) is 24.5 Å². The minimum atomic E-state index is -0.807. The van der Waals surface area contributed by atoms with Crippen LogP contribution in [-0.4, -0.2) is 26.8 Å². The van der Waals surface area contributed by atoms with Crippen molar-refractivity contribution in [3.8, 4) is 11.1 Å². The molecule has 5 rings (SSSR count). The van der Waals surface area contributed by atoms with Gasteiger partial charge in [0.05, 0.1) is 28.6 Å². The van der Waals surface area contributed by atoms with Crippen molar-refractivity contribution in [2.24, 2.45) is 0 Å². The van der Waals surface area contributed by atoms with E-state index < -0.39 is 5.41 Å². The molecule has 3 heterocycles. The molecule has 35 heavy (non-hydrogen) atoms. The Bertz CT molecular complexity index is 1450. The van der Waals surface area contributed by atoms with Crippen LogP contribution in [0.1, 0.15) is 41.0 Å². The molecule has 4 aromatic rings. The van der Waals surface area contributed by atoms with Gasteiger partial charge in [0.15, 0.2) is 5.82 Å². The molecule has 0 atom stereocenters. The number of anilines is 3. The molecule has 2 amide bonds. The first kappa shape index (κ1) is 22.4. The van der Waals surface area contributed by atoms with Crippen LogP contribution in [-0.2, 0) is 10.2 Å². The predicted molar refractivity (Wildman–Crippen MR) is 136 cm³/mol. The summed E-state index contributed by atoms with van der Waals surface area (Å²) in [6, 6.07) is 15.3. The summed E-state index contributed by atoms with van der Waals surface area (Å²) >= 11 is 0. The number of rotatable bonds is 4. The second-order valence-corrected chi connectivity index (χ2v) is 9.21. The van der Waals surface area contributed by atoms with Crippen molar-refractivity contribution < 1.29 is 9.59 Å². The van der Waals surface area contributed by atoms with Crippen molar-refractivity contribution in [3.05, 3.63) is 95.7 Å². The third-order valence-electron chi connectivity index (χ3n) is 6.38. The molecule has 2 aromatic heterocycles. The maximum atomic E-state index is 13.5. The highest BCUT2D eigenvalue weighted by atomic mass is 16.2. The largest absolute Gasteiger partial charge is 0.322 e. The number of carbonyl (C=O) groups is 2. The molecule has 0 radical (unpaired) electrons. The summed E-state index contributed by atoms with van der Waals surface area (Å²) in [4.78, 5) is 41.2. The Morgan fingerprint density at radius 3 is 2.46 bits per heavy atom. The molecular formula is C28H25N5O2. The number of amides is 2. The number of pyridine rings is 1. The number of fused-ring (bicyclic) bond motifs is 1. The number of hydrogen-bond donors (Lipinski definition) is 1. The maximum Gasteiger partial charge on any atom is 0.257 e. The highest BCUT2D eigenvalue weighted by Gasteiger charge is 2.46. The fraction of sp³-hybridized carbons (Fsp3) is 0.179. The summed E-state index contributed by atoms with van der Waals surface area (Å²) in [6.07, 6.45) is 6.48. The summed E-state index contributed by atoms with van der Waals surface area (Å²) in [7, 11) is 0. The predicted octanol–water partition coefficient (Wildman–Crippen LogP) is 5.36. The summed E-state index contributed by atoms with van der Waals surface area (Å²) in [5.41, 5.74) is 5.38. The number of hydrogen-bond acceptors (Lipinski definition) is 5. The van der Waals surface area contributed by atoms with E-state index in [0.29, 0.717) is 17.1 Å². The Morgan fingerprint density at radius 1 is 0.971 bits per heavy atom. The fourth-order valence-electron chi connectivity index (χ4n) is 4.50. The van der Waals surface area contributed by atoms with Crippen LogP contribution in [0.4, 0.5) is 17.2 Å². The molecule has 0 spiro atoms. The Morgan fingerprint density at radius 2 is 1.74 bits per heavy atom. The first-order valence-electron chi connectivity index (χ1n) is 11.4. The van der Waals surface area contributed by atoms with Gasteiger partial charge in [0.2, 0.25) is 5.91 Å². The van der Waals surface area contributed by atoms with E-state index in [1.54, 1.807) is 29.7 Å². The lowest BCUT2D eigenvalue weighted by molar-refractivity contribution is -0.121. The molecule has 1 aliphatic rings. The van der Waals surface area contributed by atoms with E-state index in [1.165, 1.54) is 0 Å². The zero-order valence-corrected chi connectivity index (χ0v) is 20.0. The number of nitrogens with one attached hydrogen (secondary N) is 1. The highest BCUT2D eigenvalue weighted by molar-refractivity contribution is 6.14. The Labute approximate surface area is 203 Å². The van der Waals surface area contributed by atoms with Crippen molar-refractivity contribution in [1.82, 2.24) is 15.0 Å². The molecule has 0 unspecified atom stereocenters. The molecule has 0 saturated heterocycles. The van der Waals surface area contributed by atoms with E-state index in [1.807, 2.05) is 76.2 Å². The topological polar surface area (TPSA) is 88.1 Å². The van der Waals surface area contributed by atoms with Crippen molar-refractivity contribution in [2.75, 3.05) is 10.2 Å². The zero-order chi connectivity index (χ0) is 24.7. The minimum absolute atomic E-state index is 0.0853. The van der Waals surface area contributed by atoms with Crippen LogP contribution in [0, 0.1) is 13.8 Å². The van der Waals surface area contributed by atoms with Crippen molar-refractivity contribution in [3.63, 3.8) is 0 Å². The lowest BCUT2D eigenvalue weighted by atomic mass is 9.81. The molecule has 7 nitrogen and oxygen atoms in total. The number of aryl methyl sites for hydroxylation is 2. The van der Waals surface area contributed by atoms with Gasteiger partial charge in [0.25, 0.3) is 5.91 Å². The minimum Gasteiger partial charge on any atom is -0.322 e. The molecule has 2 aromatic carbocycles. The average molecular weight is 464 g/mol.